The van der Waals surface area contributed by atoms with Crippen LogP contribution < -0.4 is 0 Å². The van der Waals surface area contributed by atoms with E-state index in [1.807, 2.05) is 0 Å². The Labute approximate surface area is 175 Å². The fraction of sp³-hybridized carbons (Fsp3) is 0.750. The van der Waals surface area contributed by atoms with Crippen molar-refractivity contribution < 1.29 is 13.6 Å². The second-order valence-electron chi connectivity index (χ2n) is 8.78. The number of benzene rings is 1. The van der Waals surface area contributed by atoms with Crippen LogP contribution in [0.2, 0.25) is 6.04 Å². The SMILES string of the molecule is CCCc1ccc([C@H]2CC[C@H](OCCC[SiH](OC(C)C)OC(C)C)CC2)cc1. The summed E-state index contributed by atoms with van der Waals surface area (Å²) in [5.41, 5.74) is 2.98. The lowest BCUT2D eigenvalue weighted by molar-refractivity contribution is 0.0237. The zero-order chi connectivity index (χ0) is 20.4. The van der Waals surface area contributed by atoms with Crippen LogP contribution in [0.5, 0.6) is 0 Å². The van der Waals surface area contributed by atoms with E-state index in [0.29, 0.717) is 12.0 Å². The quantitative estimate of drug-likeness (QED) is 0.308. The van der Waals surface area contributed by atoms with Gasteiger partial charge in [-0.2, -0.15) is 0 Å². The van der Waals surface area contributed by atoms with Crippen molar-refractivity contribution >= 4 is 9.28 Å². The molecule has 28 heavy (non-hydrogen) atoms. The molecule has 0 amide bonds. The average Bonchev–Trinajstić information content (AvgIpc) is 2.66. The maximum atomic E-state index is 6.19. The molecule has 160 valence electrons. The molecule has 0 N–H and O–H groups in total. The topological polar surface area (TPSA) is 27.7 Å². The maximum Gasteiger partial charge on any atom is 0.321 e. The van der Waals surface area contributed by atoms with E-state index >= 15 is 0 Å². The largest absolute Gasteiger partial charge is 0.394 e. The van der Waals surface area contributed by atoms with Crippen LogP contribution in [0.25, 0.3) is 0 Å². The van der Waals surface area contributed by atoms with E-state index in [-0.39, 0.29) is 12.2 Å². The summed E-state index contributed by atoms with van der Waals surface area (Å²) in [6, 6.07) is 10.4. The first-order valence-electron chi connectivity index (χ1n) is 11.5. The number of hydrogen-bond donors (Lipinski definition) is 0. The molecule has 0 radical (unpaired) electrons. The van der Waals surface area contributed by atoms with Gasteiger partial charge in [0, 0.05) is 18.8 Å². The molecule has 0 bridgehead atoms. The Kier molecular flexibility index (Phi) is 10.8. The van der Waals surface area contributed by atoms with Crippen molar-refractivity contribution in [1.82, 2.24) is 0 Å². The van der Waals surface area contributed by atoms with Gasteiger partial charge in [0.25, 0.3) is 0 Å². The standard InChI is InChI=1S/C24H42O3Si/c1-6-8-21-9-11-22(12-10-21)23-13-15-24(16-14-23)25-17-7-18-28(26-19(2)3)27-20(4)5/h9-12,19-20,23-24,28H,6-8,13-18H2,1-5H3/t23-,24-. The molecule has 0 unspecified atom stereocenters. The highest BCUT2D eigenvalue weighted by molar-refractivity contribution is 6.44. The zero-order valence-corrected chi connectivity index (χ0v) is 19.9. The zero-order valence-electron chi connectivity index (χ0n) is 18.8. The van der Waals surface area contributed by atoms with Crippen molar-refractivity contribution in [1.29, 1.82) is 0 Å². The first-order chi connectivity index (χ1) is 13.5. The van der Waals surface area contributed by atoms with Gasteiger partial charge in [-0.25, -0.2) is 0 Å². The minimum absolute atomic E-state index is 0.252. The molecule has 0 saturated heterocycles. The summed E-state index contributed by atoms with van der Waals surface area (Å²) >= 11 is 0. The highest BCUT2D eigenvalue weighted by atomic mass is 28.3. The molecule has 2 rings (SSSR count). The summed E-state index contributed by atoms with van der Waals surface area (Å²) in [7, 11) is -1.56. The number of aryl methyl sites for hydroxylation is 1. The van der Waals surface area contributed by atoms with Gasteiger partial charge in [-0.1, -0.05) is 37.6 Å². The monoisotopic (exact) mass is 406 g/mol. The average molecular weight is 407 g/mol. The third kappa shape index (κ3) is 8.77. The van der Waals surface area contributed by atoms with Crippen LogP contribution in [0.15, 0.2) is 24.3 Å². The Morgan fingerprint density at radius 1 is 0.929 bits per heavy atom. The third-order valence-electron chi connectivity index (χ3n) is 5.45. The Morgan fingerprint density at radius 2 is 1.54 bits per heavy atom. The highest BCUT2D eigenvalue weighted by Gasteiger charge is 2.23. The number of rotatable bonds is 12. The normalized spacial score (nSPS) is 20.4. The Morgan fingerprint density at radius 3 is 2.07 bits per heavy atom. The van der Waals surface area contributed by atoms with Gasteiger partial charge in [0.05, 0.1) is 6.10 Å². The van der Waals surface area contributed by atoms with Crippen molar-refractivity contribution in [2.24, 2.45) is 0 Å². The first-order valence-corrected chi connectivity index (χ1v) is 13.2. The molecule has 1 fully saturated rings. The van der Waals surface area contributed by atoms with Gasteiger partial charge < -0.3 is 13.6 Å². The Hall–Kier alpha value is -0.683. The summed E-state index contributed by atoms with van der Waals surface area (Å²) in [6.07, 6.45) is 9.28. The van der Waals surface area contributed by atoms with Crippen LogP contribution in [-0.4, -0.2) is 34.2 Å². The number of hydrogen-bond acceptors (Lipinski definition) is 3. The van der Waals surface area contributed by atoms with Gasteiger partial charge in [-0.15, -0.1) is 0 Å². The van der Waals surface area contributed by atoms with Crippen LogP contribution in [0.3, 0.4) is 0 Å². The lowest BCUT2D eigenvalue weighted by Crippen LogP contribution is -2.30. The van der Waals surface area contributed by atoms with Gasteiger partial charge in [0.2, 0.25) is 0 Å². The van der Waals surface area contributed by atoms with Crippen LogP contribution >= 0.6 is 0 Å². The third-order valence-corrected chi connectivity index (χ3v) is 8.03. The maximum absolute atomic E-state index is 6.19. The van der Waals surface area contributed by atoms with Crippen molar-refractivity contribution in [3.8, 4) is 0 Å². The Bertz CT molecular complexity index is 511. The van der Waals surface area contributed by atoms with Gasteiger partial charge in [-0.05, 0) is 89.3 Å². The summed E-state index contributed by atoms with van der Waals surface area (Å²) in [5, 5.41) is 0. The summed E-state index contributed by atoms with van der Waals surface area (Å²) < 4.78 is 18.2. The lowest BCUT2D eigenvalue weighted by Gasteiger charge is -2.29. The predicted molar refractivity (Wildman–Crippen MR) is 120 cm³/mol. The van der Waals surface area contributed by atoms with Gasteiger partial charge >= 0.3 is 9.28 Å². The van der Waals surface area contributed by atoms with E-state index in [2.05, 4.69) is 58.9 Å². The molecular formula is C24H42O3Si. The van der Waals surface area contributed by atoms with Gasteiger partial charge in [-0.3, -0.25) is 0 Å². The number of ether oxygens (including phenoxy) is 1. The van der Waals surface area contributed by atoms with E-state index in [1.165, 1.54) is 49.7 Å². The smallest absolute Gasteiger partial charge is 0.321 e. The molecule has 0 aromatic heterocycles. The lowest BCUT2D eigenvalue weighted by atomic mass is 9.82. The Balaban J connectivity index is 1.65. The second-order valence-corrected chi connectivity index (χ2v) is 10.8. The van der Waals surface area contributed by atoms with Crippen LogP contribution in [0.1, 0.15) is 90.2 Å². The van der Waals surface area contributed by atoms with Crippen LogP contribution in [-0.2, 0) is 20.0 Å². The first kappa shape index (κ1) is 23.6. The molecule has 1 aliphatic carbocycles. The van der Waals surface area contributed by atoms with Crippen molar-refractivity contribution in [3.63, 3.8) is 0 Å². The molecule has 1 aliphatic rings. The predicted octanol–water partition coefficient (Wildman–Crippen LogP) is 6.14. The van der Waals surface area contributed by atoms with Crippen molar-refractivity contribution in [2.45, 2.75) is 110 Å². The van der Waals surface area contributed by atoms with Crippen molar-refractivity contribution in [2.75, 3.05) is 6.61 Å². The van der Waals surface area contributed by atoms with E-state index in [9.17, 15) is 0 Å². The van der Waals surface area contributed by atoms with Crippen LogP contribution in [0.4, 0.5) is 0 Å². The van der Waals surface area contributed by atoms with Gasteiger partial charge in [0.1, 0.15) is 0 Å². The molecule has 3 nitrogen and oxygen atoms in total. The van der Waals surface area contributed by atoms with Crippen molar-refractivity contribution in [3.05, 3.63) is 35.4 Å². The van der Waals surface area contributed by atoms with E-state index in [0.717, 1.165) is 19.1 Å². The fourth-order valence-electron chi connectivity index (χ4n) is 4.08. The minimum Gasteiger partial charge on any atom is -0.394 e. The second kappa shape index (κ2) is 12.8. The molecule has 0 aliphatic heterocycles. The summed E-state index contributed by atoms with van der Waals surface area (Å²) in [5.74, 6) is 0.714. The van der Waals surface area contributed by atoms with E-state index in [4.69, 9.17) is 13.6 Å². The van der Waals surface area contributed by atoms with Gasteiger partial charge in [0.15, 0.2) is 0 Å². The minimum atomic E-state index is -1.56. The molecular weight excluding hydrogens is 364 g/mol. The molecule has 4 heteroatoms. The molecule has 0 heterocycles. The molecule has 1 aromatic carbocycles. The summed E-state index contributed by atoms with van der Waals surface area (Å²) in [4.78, 5) is 0. The summed E-state index contributed by atoms with van der Waals surface area (Å²) in [6.45, 7) is 11.5. The fourth-order valence-corrected chi connectivity index (χ4v) is 6.13. The molecule has 0 atom stereocenters. The van der Waals surface area contributed by atoms with Crippen LogP contribution in [0, 0.1) is 0 Å². The van der Waals surface area contributed by atoms with E-state index in [1.54, 1.807) is 0 Å². The molecule has 1 saturated carbocycles. The van der Waals surface area contributed by atoms with E-state index < -0.39 is 9.28 Å². The molecule has 0 spiro atoms. The molecule has 1 aromatic rings. The highest BCUT2D eigenvalue weighted by Crippen LogP contribution is 2.34.